The molecule has 0 saturated carbocycles. The van der Waals surface area contributed by atoms with E-state index in [0.717, 1.165) is 18.4 Å². The van der Waals surface area contributed by atoms with Gasteiger partial charge in [0.2, 0.25) is 11.8 Å². The van der Waals surface area contributed by atoms with Crippen LogP contribution in [0.4, 0.5) is 0 Å². The molecule has 1 aromatic carbocycles. The lowest BCUT2D eigenvalue weighted by Crippen LogP contribution is -2.34. The first kappa shape index (κ1) is 14.2. The van der Waals surface area contributed by atoms with Crippen LogP contribution in [0.2, 0.25) is 0 Å². The van der Waals surface area contributed by atoms with E-state index in [1.165, 1.54) is 4.90 Å². The van der Waals surface area contributed by atoms with Gasteiger partial charge in [0.05, 0.1) is 13.0 Å². The highest BCUT2D eigenvalue weighted by molar-refractivity contribution is 5.96. The Labute approximate surface area is 117 Å². The van der Waals surface area contributed by atoms with Gasteiger partial charge in [-0.1, -0.05) is 24.3 Å². The summed E-state index contributed by atoms with van der Waals surface area (Å²) in [6.07, 6.45) is 2.13. The van der Waals surface area contributed by atoms with Crippen molar-refractivity contribution in [2.24, 2.45) is 0 Å². The predicted molar refractivity (Wildman–Crippen MR) is 71.8 cm³/mol. The van der Waals surface area contributed by atoms with Crippen LogP contribution in [-0.4, -0.2) is 27.8 Å². The number of benzene rings is 1. The summed E-state index contributed by atoms with van der Waals surface area (Å²) >= 11 is 0. The molecule has 0 spiro atoms. The Hall–Kier alpha value is -2.17. The van der Waals surface area contributed by atoms with Crippen molar-refractivity contribution >= 4 is 17.8 Å². The lowest BCUT2D eigenvalue weighted by atomic mass is 10.0. The number of imide groups is 1. The highest BCUT2D eigenvalue weighted by Crippen LogP contribution is 2.18. The second-order valence-corrected chi connectivity index (χ2v) is 4.92. The maximum atomic E-state index is 12.0. The summed E-state index contributed by atoms with van der Waals surface area (Å²) in [5.74, 6) is -1.26. The molecule has 1 saturated heterocycles. The van der Waals surface area contributed by atoms with Crippen LogP contribution in [0.25, 0.3) is 0 Å². The van der Waals surface area contributed by atoms with Crippen molar-refractivity contribution in [1.82, 2.24) is 4.90 Å². The summed E-state index contributed by atoms with van der Waals surface area (Å²) in [6, 6.07) is 7.03. The summed E-state index contributed by atoms with van der Waals surface area (Å²) in [5.41, 5.74) is 1.36. The molecule has 20 heavy (non-hydrogen) atoms. The molecular formula is C15H17NO4. The number of carboxylic acid groups (broad SMARTS) is 1. The average molecular weight is 275 g/mol. The Kier molecular flexibility index (Phi) is 4.50. The minimum atomic E-state index is -0.925. The molecule has 2 amide bonds. The Balaban J connectivity index is 2.21. The molecule has 0 aliphatic carbocycles. The van der Waals surface area contributed by atoms with E-state index in [0.29, 0.717) is 18.4 Å². The van der Waals surface area contributed by atoms with Crippen molar-refractivity contribution in [3.8, 4) is 0 Å². The third kappa shape index (κ3) is 3.44. The maximum absolute atomic E-state index is 12.0. The van der Waals surface area contributed by atoms with E-state index in [2.05, 4.69) is 0 Å². The maximum Gasteiger partial charge on any atom is 0.307 e. The molecule has 0 radical (unpaired) electrons. The van der Waals surface area contributed by atoms with Crippen molar-refractivity contribution in [3.63, 3.8) is 0 Å². The van der Waals surface area contributed by atoms with Crippen LogP contribution in [0.1, 0.15) is 36.8 Å². The number of hydrogen-bond donors (Lipinski definition) is 1. The van der Waals surface area contributed by atoms with Gasteiger partial charge in [-0.2, -0.15) is 0 Å². The lowest BCUT2D eigenvalue weighted by Gasteiger charge is -2.20. The fourth-order valence-electron chi connectivity index (χ4n) is 2.36. The first-order valence-corrected chi connectivity index (χ1v) is 6.69. The van der Waals surface area contributed by atoms with Gasteiger partial charge < -0.3 is 5.11 Å². The fraction of sp³-hybridized carbons (Fsp3) is 0.400. The minimum Gasteiger partial charge on any atom is -0.481 e. The Bertz CT molecular complexity index is 520. The normalized spacial score (nSPS) is 16.1. The zero-order chi connectivity index (χ0) is 14.5. The Morgan fingerprint density at radius 2 is 1.60 bits per heavy atom. The lowest BCUT2D eigenvalue weighted by molar-refractivity contribution is -0.144. The first-order valence-electron chi connectivity index (χ1n) is 6.69. The molecule has 0 unspecified atom stereocenters. The summed E-state index contributed by atoms with van der Waals surface area (Å²) in [5, 5.41) is 8.90. The first-order chi connectivity index (χ1) is 9.58. The zero-order valence-corrected chi connectivity index (χ0v) is 11.2. The van der Waals surface area contributed by atoms with Gasteiger partial charge in [-0.25, -0.2) is 0 Å². The van der Waals surface area contributed by atoms with Crippen LogP contribution in [0.15, 0.2) is 24.3 Å². The largest absolute Gasteiger partial charge is 0.481 e. The number of hydrogen-bond acceptors (Lipinski definition) is 3. The van der Waals surface area contributed by atoms with Gasteiger partial charge in [-0.15, -0.1) is 0 Å². The number of rotatable bonds is 4. The Morgan fingerprint density at radius 1 is 1.05 bits per heavy atom. The third-order valence-corrected chi connectivity index (χ3v) is 3.42. The SMILES string of the molecule is O=C(O)Cc1ccccc1CN1C(=O)CCCCC1=O. The van der Waals surface area contributed by atoms with Crippen LogP contribution < -0.4 is 0 Å². The molecule has 1 heterocycles. The monoisotopic (exact) mass is 275 g/mol. The van der Waals surface area contributed by atoms with E-state index in [-0.39, 0.29) is 24.8 Å². The number of amides is 2. The highest BCUT2D eigenvalue weighted by atomic mass is 16.4. The van der Waals surface area contributed by atoms with Gasteiger partial charge in [-0.05, 0) is 24.0 Å². The van der Waals surface area contributed by atoms with Crippen LogP contribution in [-0.2, 0) is 27.3 Å². The second kappa shape index (κ2) is 6.32. The van der Waals surface area contributed by atoms with Gasteiger partial charge in [0, 0.05) is 12.8 Å². The number of carboxylic acids is 1. The van der Waals surface area contributed by atoms with Gasteiger partial charge in [0.15, 0.2) is 0 Å². The molecule has 0 aromatic heterocycles. The number of aliphatic carboxylic acids is 1. The van der Waals surface area contributed by atoms with E-state index in [1.807, 2.05) is 0 Å². The predicted octanol–water partition coefficient (Wildman–Crippen LogP) is 1.74. The van der Waals surface area contributed by atoms with Gasteiger partial charge in [-0.3, -0.25) is 19.3 Å². The molecule has 5 heteroatoms. The topological polar surface area (TPSA) is 74.7 Å². The molecule has 1 N–H and O–H groups in total. The van der Waals surface area contributed by atoms with Crippen LogP contribution in [0, 0.1) is 0 Å². The molecule has 106 valence electrons. The molecular weight excluding hydrogens is 258 g/mol. The number of nitrogens with zero attached hydrogens (tertiary/aromatic N) is 1. The van der Waals surface area contributed by atoms with E-state index < -0.39 is 5.97 Å². The molecule has 1 aliphatic rings. The van der Waals surface area contributed by atoms with Crippen molar-refractivity contribution < 1.29 is 19.5 Å². The standard InChI is InChI=1S/C15H17NO4/c17-13-7-3-4-8-14(18)16(13)10-12-6-2-1-5-11(12)9-15(19)20/h1-2,5-6H,3-4,7-10H2,(H,19,20). The van der Waals surface area contributed by atoms with Crippen molar-refractivity contribution in [2.75, 3.05) is 0 Å². The summed E-state index contributed by atoms with van der Waals surface area (Å²) < 4.78 is 0. The number of likely N-dealkylation sites (tertiary alicyclic amines) is 1. The van der Waals surface area contributed by atoms with Gasteiger partial charge in [0.25, 0.3) is 0 Å². The molecule has 2 rings (SSSR count). The average Bonchev–Trinajstić information content (AvgIpc) is 2.55. The third-order valence-electron chi connectivity index (χ3n) is 3.42. The van der Waals surface area contributed by atoms with Crippen molar-refractivity contribution in [1.29, 1.82) is 0 Å². The van der Waals surface area contributed by atoms with Crippen molar-refractivity contribution in [3.05, 3.63) is 35.4 Å². The highest BCUT2D eigenvalue weighted by Gasteiger charge is 2.24. The molecule has 0 bridgehead atoms. The van der Waals surface area contributed by atoms with Gasteiger partial charge in [0.1, 0.15) is 0 Å². The second-order valence-electron chi connectivity index (χ2n) is 4.92. The minimum absolute atomic E-state index is 0.105. The molecule has 1 aliphatic heterocycles. The smallest absolute Gasteiger partial charge is 0.307 e. The van der Waals surface area contributed by atoms with Crippen molar-refractivity contribution in [2.45, 2.75) is 38.6 Å². The summed E-state index contributed by atoms with van der Waals surface area (Å²) in [4.78, 5) is 36.0. The van der Waals surface area contributed by atoms with E-state index in [4.69, 9.17) is 5.11 Å². The molecule has 1 aromatic rings. The van der Waals surface area contributed by atoms with Crippen LogP contribution in [0.3, 0.4) is 0 Å². The van der Waals surface area contributed by atoms with Gasteiger partial charge >= 0.3 is 5.97 Å². The zero-order valence-electron chi connectivity index (χ0n) is 11.2. The fourth-order valence-corrected chi connectivity index (χ4v) is 2.36. The van der Waals surface area contributed by atoms with E-state index >= 15 is 0 Å². The number of carbonyl (C=O) groups excluding carboxylic acids is 2. The van der Waals surface area contributed by atoms with Crippen LogP contribution in [0.5, 0.6) is 0 Å². The molecule has 1 fully saturated rings. The van der Waals surface area contributed by atoms with E-state index in [9.17, 15) is 14.4 Å². The summed E-state index contributed by atoms with van der Waals surface area (Å²) in [7, 11) is 0. The number of carbonyl (C=O) groups is 3. The Morgan fingerprint density at radius 3 is 2.15 bits per heavy atom. The molecule has 0 atom stereocenters. The van der Waals surface area contributed by atoms with E-state index in [1.54, 1.807) is 24.3 Å². The summed E-state index contributed by atoms with van der Waals surface area (Å²) in [6.45, 7) is 0.168. The molecule has 5 nitrogen and oxygen atoms in total. The quantitative estimate of drug-likeness (QED) is 0.849. The van der Waals surface area contributed by atoms with Crippen LogP contribution >= 0.6 is 0 Å².